The Morgan fingerprint density at radius 2 is 1.92 bits per heavy atom. The zero-order chi connectivity index (χ0) is 26.1. The molecule has 4 heterocycles. The number of amides is 2. The normalized spacial score (nSPS) is 35.9. The highest BCUT2D eigenvalue weighted by Gasteiger charge is 2.74. The predicted octanol–water partition coefficient (Wildman–Crippen LogP) is 3.56. The van der Waals surface area contributed by atoms with Gasteiger partial charge in [0.1, 0.15) is 6.04 Å². The van der Waals surface area contributed by atoms with Crippen LogP contribution in [0.2, 0.25) is 0 Å². The van der Waals surface area contributed by atoms with E-state index in [1.54, 1.807) is 16.7 Å². The number of ether oxygens (including phenoxy) is 1. The minimum atomic E-state index is -0.889. The molecular formula is C28H42N2O5S. The molecule has 0 radical (unpaired) electrons. The minimum absolute atomic E-state index is 0.0749. The molecule has 0 aromatic carbocycles. The van der Waals surface area contributed by atoms with E-state index < -0.39 is 33.4 Å². The number of likely N-dealkylation sites (tertiary alicyclic amines) is 1. The number of aliphatic hydroxyl groups is 1. The number of nitrogens with zero attached hydrogens (tertiary/aromatic N) is 2. The summed E-state index contributed by atoms with van der Waals surface area (Å²) in [7, 11) is 0. The van der Waals surface area contributed by atoms with Crippen LogP contribution < -0.4 is 0 Å². The van der Waals surface area contributed by atoms with Crippen LogP contribution in [0, 0.1) is 17.8 Å². The van der Waals surface area contributed by atoms with E-state index in [1.165, 1.54) is 0 Å². The Bertz CT molecular complexity index is 920. The summed E-state index contributed by atoms with van der Waals surface area (Å²) in [4.78, 5) is 45.6. The first-order valence-electron chi connectivity index (χ1n) is 13.6. The lowest BCUT2D eigenvalue weighted by Crippen LogP contribution is -2.57. The van der Waals surface area contributed by atoms with Crippen molar-refractivity contribution in [2.24, 2.45) is 17.8 Å². The monoisotopic (exact) mass is 518 g/mol. The van der Waals surface area contributed by atoms with E-state index >= 15 is 0 Å². The molecule has 0 aromatic heterocycles. The fourth-order valence-corrected chi connectivity index (χ4v) is 8.73. The third-order valence-electron chi connectivity index (χ3n) is 8.15. The van der Waals surface area contributed by atoms with Gasteiger partial charge in [-0.05, 0) is 38.5 Å². The van der Waals surface area contributed by atoms with Crippen molar-refractivity contribution in [2.45, 2.75) is 87.8 Å². The molecule has 7 nitrogen and oxygen atoms in total. The summed E-state index contributed by atoms with van der Waals surface area (Å²) < 4.78 is 4.12. The van der Waals surface area contributed by atoms with Crippen LogP contribution >= 0.6 is 11.8 Å². The molecule has 8 heteroatoms. The van der Waals surface area contributed by atoms with E-state index in [2.05, 4.69) is 32.9 Å². The number of allylic oxidation sites excluding steroid dienone is 1. The maximum atomic E-state index is 14.3. The maximum absolute atomic E-state index is 14.3. The lowest BCUT2D eigenvalue weighted by Gasteiger charge is -2.40. The molecule has 1 spiro atoms. The van der Waals surface area contributed by atoms with Crippen LogP contribution in [0.1, 0.15) is 66.2 Å². The number of thioether (sulfide) groups is 1. The van der Waals surface area contributed by atoms with Gasteiger partial charge in [0.25, 0.3) is 0 Å². The summed E-state index contributed by atoms with van der Waals surface area (Å²) in [6.45, 7) is 9.49. The Labute approximate surface area is 219 Å². The molecule has 0 aliphatic carbocycles. The Morgan fingerprint density at radius 3 is 2.61 bits per heavy atom. The van der Waals surface area contributed by atoms with Crippen LogP contribution in [-0.2, 0) is 19.1 Å². The summed E-state index contributed by atoms with van der Waals surface area (Å²) >= 11 is 1.57. The van der Waals surface area contributed by atoms with Crippen LogP contribution in [0.4, 0.5) is 0 Å². The van der Waals surface area contributed by atoms with E-state index in [0.29, 0.717) is 26.1 Å². The molecule has 0 aromatic rings. The van der Waals surface area contributed by atoms with Gasteiger partial charge in [-0.25, -0.2) is 0 Å². The number of unbranched alkanes of at least 4 members (excludes halogenated alkanes) is 2. The maximum Gasteiger partial charge on any atom is 0.311 e. The second-order valence-electron chi connectivity index (χ2n) is 11.3. The number of aliphatic hydroxyl groups excluding tert-OH is 1. The molecule has 1 unspecified atom stereocenters. The Morgan fingerprint density at radius 1 is 1.14 bits per heavy atom. The smallest absolute Gasteiger partial charge is 0.311 e. The van der Waals surface area contributed by atoms with E-state index in [-0.39, 0.29) is 30.3 Å². The first-order valence-corrected chi connectivity index (χ1v) is 14.5. The summed E-state index contributed by atoms with van der Waals surface area (Å²) in [5.74, 6) is -1.82. The first-order chi connectivity index (χ1) is 17.2. The van der Waals surface area contributed by atoms with Gasteiger partial charge in [0.2, 0.25) is 11.8 Å². The molecule has 4 rings (SSSR count). The topological polar surface area (TPSA) is 87.2 Å². The standard InChI is InChI=1S/C28H42N2O5S/c1-5-6-9-14-29-15-11-13-28-21(22-26(34)35-16-10-7-8-12-27(22,4)36-28)24(32)30(23(28)25(29)33)20(18-31)17-19(2)3/h8,11-13,19-23,31H,5-7,9-10,14-18H2,1-4H3/b12-8-/t20-,21+,22+,23?,27-,28+/m1/s1. The van der Waals surface area contributed by atoms with E-state index in [9.17, 15) is 19.5 Å². The zero-order valence-corrected chi connectivity index (χ0v) is 23.0. The third-order valence-corrected chi connectivity index (χ3v) is 9.95. The van der Waals surface area contributed by atoms with Gasteiger partial charge in [-0.2, -0.15) is 0 Å². The van der Waals surface area contributed by atoms with Gasteiger partial charge in [0.05, 0.1) is 35.8 Å². The van der Waals surface area contributed by atoms with E-state index in [1.807, 2.05) is 24.0 Å². The van der Waals surface area contributed by atoms with Crippen molar-refractivity contribution in [2.75, 3.05) is 26.3 Å². The highest BCUT2D eigenvalue weighted by atomic mass is 32.2. The summed E-state index contributed by atoms with van der Waals surface area (Å²) in [5.41, 5.74) is 0. The van der Waals surface area contributed by atoms with Crippen LogP contribution in [0.25, 0.3) is 0 Å². The van der Waals surface area contributed by atoms with Crippen molar-refractivity contribution in [3.05, 3.63) is 24.3 Å². The molecule has 0 saturated carbocycles. The summed E-state index contributed by atoms with van der Waals surface area (Å²) in [6, 6.07) is -1.24. The largest absolute Gasteiger partial charge is 0.465 e. The number of carbonyl (C=O) groups is 3. The number of carbonyl (C=O) groups excluding carboxylic acids is 3. The fraction of sp³-hybridized carbons (Fsp3) is 0.750. The van der Waals surface area contributed by atoms with Crippen molar-refractivity contribution < 1.29 is 24.2 Å². The highest BCUT2D eigenvalue weighted by molar-refractivity contribution is 8.02. The minimum Gasteiger partial charge on any atom is -0.465 e. The molecule has 4 aliphatic heterocycles. The van der Waals surface area contributed by atoms with Gasteiger partial charge >= 0.3 is 5.97 Å². The van der Waals surface area contributed by atoms with Crippen molar-refractivity contribution in [1.82, 2.24) is 9.80 Å². The number of fused-ring (bicyclic) bond motifs is 2. The van der Waals surface area contributed by atoms with Crippen molar-refractivity contribution in [1.29, 1.82) is 0 Å². The Balaban J connectivity index is 1.83. The molecule has 2 amide bonds. The predicted molar refractivity (Wildman–Crippen MR) is 141 cm³/mol. The lowest BCUT2D eigenvalue weighted by atomic mass is 9.74. The van der Waals surface area contributed by atoms with Gasteiger partial charge in [-0.1, -0.05) is 57.9 Å². The second kappa shape index (κ2) is 10.9. The lowest BCUT2D eigenvalue weighted by molar-refractivity contribution is -0.154. The van der Waals surface area contributed by atoms with Gasteiger partial charge in [0, 0.05) is 17.8 Å². The van der Waals surface area contributed by atoms with Crippen molar-refractivity contribution in [3.8, 4) is 0 Å². The summed E-state index contributed by atoms with van der Waals surface area (Å²) in [5, 5.41) is 10.4. The Hall–Kier alpha value is -1.80. The average molecular weight is 519 g/mol. The Kier molecular flexibility index (Phi) is 8.25. The number of hydrogen-bond donors (Lipinski definition) is 1. The highest BCUT2D eigenvalue weighted by Crippen LogP contribution is 2.65. The van der Waals surface area contributed by atoms with Crippen LogP contribution in [0.3, 0.4) is 0 Å². The summed E-state index contributed by atoms with van der Waals surface area (Å²) in [6.07, 6.45) is 13.4. The molecule has 0 bridgehead atoms. The van der Waals surface area contributed by atoms with Gasteiger partial charge < -0.3 is 19.6 Å². The zero-order valence-electron chi connectivity index (χ0n) is 22.2. The number of esters is 1. The molecule has 36 heavy (non-hydrogen) atoms. The second-order valence-corrected chi connectivity index (χ2v) is 13.1. The van der Waals surface area contributed by atoms with Crippen molar-refractivity contribution in [3.63, 3.8) is 0 Å². The number of rotatable bonds is 8. The van der Waals surface area contributed by atoms with Gasteiger partial charge in [-0.3, -0.25) is 14.4 Å². The van der Waals surface area contributed by atoms with Gasteiger partial charge in [-0.15, -0.1) is 11.8 Å². The molecule has 1 N–H and O–H groups in total. The fourth-order valence-electron chi connectivity index (χ4n) is 6.59. The van der Waals surface area contributed by atoms with E-state index in [0.717, 1.165) is 32.1 Å². The SMILES string of the molecule is CCCCCN1CC=C[C@]23S[C@]4(C)/C=C\CCCOC(=O)[C@@H]4[C@H]2C(=O)N([C@@H](CO)CC(C)C)C3C1=O. The average Bonchev–Trinajstić information content (AvgIpc) is 3.18. The van der Waals surface area contributed by atoms with Crippen molar-refractivity contribution >= 4 is 29.5 Å². The molecule has 200 valence electrons. The molecule has 4 aliphatic rings. The van der Waals surface area contributed by atoms with Gasteiger partial charge in [0.15, 0.2) is 0 Å². The quantitative estimate of drug-likeness (QED) is 0.300. The van der Waals surface area contributed by atoms with Crippen LogP contribution in [0.15, 0.2) is 24.3 Å². The molecular weight excluding hydrogens is 476 g/mol. The first kappa shape index (κ1) is 27.2. The number of hydrogen-bond acceptors (Lipinski definition) is 6. The number of cyclic esters (lactones) is 1. The van der Waals surface area contributed by atoms with Crippen LogP contribution in [0.5, 0.6) is 0 Å². The molecule has 2 saturated heterocycles. The van der Waals surface area contributed by atoms with Crippen LogP contribution in [-0.4, -0.2) is 80.6 Å². The molecule has 6 atom stereocenters. The van der Waals surface area contributed by atoms with E-state index in [4.69, 9.17) is 4.74 Å². The molecule has 2 fully saturated rings. The third kappa shape index (κ3) is 4.64.